The number of anilines is 2. The summed E-state index contributed by atoms with van der Waals surface area (Å²) in [5, 5.41) is 0. The van der Waals surface area contributed by atoms with Crippen LogP contribution in [0.25, 0.3) is 0 Å². The molecule has 1 heterocycles. The lowest BCUT2D eigenvalue weighted by Crippen LogP contribution is -2.50. The van der Waals surface area contributed by atoms with Crippen LogP contribution in [-0.2, 0) is 16.6 Å². The zero-order valence-electron chi connectivity index (χ0n) is 16.1. The van der Waals surface area contributed by atoms with Crippen LogP contribution in [-0.4, -0.2) is 21.6 Å². The Hall–Kier alpha value is -3.32. The molecular formula is C22H20N2O4S. The molecule has 4 rings (SSSR count). The number of hydrogen-bond acceptors (Lipinski definition) is 4. The molecule has 0 bridgehead atoms. The Morgan fingerprint density at radius 3 is 2.17 bits per heavy atom. The molecule has 0 atom stereocenters. The Kier molecular flexibility index (Phi) is 4.76. The smallest absolute Gasteiger partial charge is 0.343 e. The summed E-state index contributed by atoms with van der Waals surface area (Å²) in [7, 11) is -2.65. The highest BCUT2D eigenvalue weighted by molar-refractivity contribution is 7.94. The van der Waals surface area contributed by atoms with E-state index in [1.165, 1.54) is 18.1 Å². The zero-order chi connectivity index (χ0) is 20.6. The van der Waals surface area contributed by atoms with Crippen molar-refractivity contribution in [1.29, 1.82) is 0 Å². The van der Waals surface area contributed by atoms with Crippen molar-refractivity contribution < 1.29 is 17.9 Å². The van der Waals surface area contributed by atoms with E-state index in [1.54, 1.807) is 42.5 Å². The molecule has 0 radical (unpaired) electrons. The molecule has 1 aliphatic heterocycles. The minimum Gasteiger partial charge on any atom is -0.495 e. The number of nitrogens with zero attached hydrogens (tertiary/aromatic N) is 2. The number of methoxy groups -OCH3 is 1. The minimum atomic E-state index is -4.09. The summed E-state index contributed by atoms with van der Waals surface area (Å²) >= 11 is 0. The van der Waals surface area contributed by atoms with E-state index in [4.69, 9.17) is 4.74 Å². The van der Waals surface area contributed by atoms with Crippen LogP contribution in [0.2, 0.25) is 0 Å². The van der Waals surface area contributed by atoms with Gasteiger partial charge in [-0.1, -0.05) is 54.1 Å². The average Bonchev–Trinajstić information content (AvgIpc) is 2.73. The van der Waals surface area contributed by atoms with Crippen LogP contribution in [0.4, 0.5) is 16.2 Å². The van der Waals surface area contributed by atoms with Gasteiger partial charge in [-0.3, -0.25) is 4.90 Å². The van der Waals surface area contributed by atoms with Crippen molar-refractivity contribution >= 4 is 27.4 Å². The van der Waals surface area contributed by atoms with Crippen molar-refractivity contribution in [1.82, 2.24) is 0 Å². The number of para-hydroxylation sites is 3. The van der Waals surface area contributed by atoms with E-state index in [0.29, 0.717) is 11.4 Å². The molecular weight excluding hydrogens is 388 g/mol. The van der Waals surface area contributed by atoms with E-state index in [2.05, 4.69) is 0 Å². The Morgan fingerprint density at radius 2 is 1.48 bits per heavy atom. The fourth-order valence-corrected chi connectivity index (χ4v) is 4.97. The third kappa shape index (κ3) is 3.23. The van der Waals surface area contributed by atoms with Crippen LogP contribution in [0.5, 0.6) is 5.75 Å². The van der Waals surface area contributed by atoms with Crippen LogP contribution < -0.4 is 13.9 Å². The second-order valence-corrected chi connectivity index (χ2v) is 8.52. The monoisotopic (exact) mass is 408 g/mol. The van der Waals surface area contributed by atoms with Gasteiger partial charge in [0.25, 0.3) is 10.0 Å². The molecule has 0 saturated heterocycles. The fourth-order valence-electron chi connectivity index (χ4n) is 3.37. The summed E-state index contributed by atoms with van der Waals surface area (Å²) in [6, 6.07) is 20.3. The Labute approximate surface area is 170 Å². The fraction of sp³-hybridized carbons (Fsp3) is 0.136. The van der Waals surface area contributed by atoms with Gasteiger partial charge in [0.1, 0.15) is 16.3 Å². The van der Waals surface area contributed by atoms with Crippen LogP contribution in [0.15, 0.2) is 77.7 Å². The molecule has 0 fully saturated rings. The zero-order valence-corrected chi connectivity index (χ0v) is 16.9. The van der Waals surface area contributed by atoms with Gasteiger partial charge < -0.3 is 4.74 Å². The van der Waals surface area contributed by atoms with Gasteiger partial charge in [-0.15, -0.1) is 0 Å². The van der Waals surface area contributed by atoms with Crippen molar-refractivity contribution in [2.45, 2.75) is 18.4 Å². The number of aryl methyl sites for hydroxylation is 1. The molecule has 6 nitrogen and oxygen atoms in total. The number of carbonyl (C=O) groups excluding carboxylic acids is 1. The third-order valence-corrected chi connectivity index (χ3v) is 6.58. The first-order valence-corrected chi connectivity index (χ1v) is 10.5. The first-order valence-electron chi connectivity index (χ1n) is 9.08. The number of hydrogen-bond donors (Lipinski definition) is 0. The van der Waals surface area contributed by atoms with Crippen molar-refractivity contribution in [3.63, 3.8) is 0 Å². The van der Waals surface area contributed by atoms with Crippen molar-refractivity contribution in [2.75, 3.05) is 16.3 Å². The highest BCUT2D eigenvalue weighted by Crippen LogP contribution is 2.40. The van der Waals surface area contributed by atoms with Crippen molar-refractivity contribution in [3.05, 3.63) is 83.9 Å². The predicted molar refractivity (Wildman–Crippen MR) is 112 cm³/mol. The third-order valence-electron chi connectivity index (χ3n) is 4.84. The number of rotatable bonds is 4. The number of fused-ring (bicyclic) bond motifs is 1. The Balaban J connectivity index is 1.88. The molecule has 3 aromatic rings. The molecule has 29 heavy (non-hydrogen) atoms. The summed E-state index contributed by atoms with van der Waals surface area (Å²) in [6.07, 6.45) is 0. The van der Waals surface area contributed by atoms with E-state index in [1.807, 2.05) is 31.2 Å². The Morgan fingerprint density at radius 1 is 0.862 bits per heavy atom. The number of urea groups is 1. The van der Waals surface area contributed by atoms with Gasteiger partial charge in [0.15, 0.2) is 0 Å². The van der Waals surface area contributed by atoms with Gasteiger partial charge in [0.2, 0.25) is 0 Å². The second kappa shape index (κ2) is 7.25. The van der Waals surface area contributed by atoms with E-state index in [9.17, 15) is 13.2 Å². The molecule has 0 aromatic heterocycles. The predicted octanol–water partition coefficient (Wildman–Crippen LogP) is 4.34. The van der Waals surface area contributed by atoms with E-state index in [0.717, 1.165) is 15.4 Å². The lowest BCUT2D eigenvalue weighted by atomic mass is 10.1. The number of sulfonamides is 1. The van der Waals surface area contributed by atoms with Crippen LogP contribution in [0.3, 0.4) is 0 Å². The first-order chi connectivity index (χ1) is 13.9. The standard InChI is InChI=1S/C22H20N2O4S/c1-16-11-13-17(14-12-16)15-23-19-8-4-6-10-21(19)29(26,27)24(22(23)25)18-7-3-5-9-20(18)28-2/h3-14H,15H2,1-2H3. The molecule has 2 amide bonds. The second-order valence-electron chi connectivity index (χ2n) is 6.76. The van der Waals surface area contributed by atoms with E-state index in [-0.39, 0.29) is 17.1 Å². The topological polar surface area (TPSA) is 66.9 Å². The maximum Gasteiger partial charge on any atom is 0.343 e. The lowest BCUT2D eigenvalue weighted by molar-refractivity contribution is 0.253. The number of carbonyl (C=O) groups is 1. The quantitative estimate of drug-likeness (QED) is 0.644. The van der Waals surface area contributed by atoms with Gasteiger partial charge >= 0.3 is 6.03 Å². The summed E-state index contributed by atoms with van der Waals surface area (Å²) in [5.74, 6) is 0.305. The van der Waals surface area contributed by atoms with Gasteiger partial charge in [0.05, 0.1) is 19.3 Å². The van der Waals surface area contributed by atoms with Crippen LogP contribution in [0.1, 0.15) is 11.1 Å². The van der Waals surface area contributed by atoms with Crippen LogP contribution >= 0.6 is 0 Å². The number of amides is 2. The normalized spacial score (nSPS) is 15.2. The molecule has 7 heteroatoms. The van der Waals surface area contributed by atoms with E-state index < -0.39 is 16.1 Å². The number of benzene rings is 3. The average molecular weight is 408 g/mol. The minimum absolute atomic E-state index is 0.0811. The summed E-state index contributed by atoms with van der Waals surface area (Å²) in [6.45, 7) is 2.23. The highest BCUT2D eigenvalue weighted by Gasteiger charge is 2.43. The van der Waals surface area contributed by atoms with Crippen LogP contribution in [0, 0.1) is 6.92 Å². The molecule has 0 aliphatic carbocycles. The molecule has 0 spiro atoms. The molecule has 1 aliphatic rings. The molecule has 3 aromatic carbocycles. The summed E-state index contributed by atoms with van der Waals surface area (Å²) in [5.41, 5.74) is 2.56. The molecule has 0 unspecified atom stereocenters. The summed E-state index contributed by atoms with van der Waals surface area (Å²) < 4.78 is 32.8. The van der Waals surface area contributed by atoms with Gasteiger partial charge in [-0.05, 0) is 36.8 Å². The van der Waals surface area contributed by atoms with Crippen molar-refractivity contribution in [2.24, 2.45) is 0 Å². The van der Waals surface area contributed by atoms with E-state index >= 15 is 0 Å². The lowest BCUT2D eigenvalue weighted by Gasteiger charge is -2.36. The van der Waals surface area contributed by atoms with Crippen molar-refractivity contribution in [3.8, 4) is 5.75 Å². The maximum absolute atomic E-state index is 13.5. The molecule has 0 N–H and O–H groups in total. The van der Waals surface area contributed by atoms with Gasteiger partial charge in [0, 0.05) is 0 Å². The van der Waals surface area contributed by atoms with Gasteiger partial charge in [-0.2, -0.15) is 4.31 Å². The summed E-state index contributed by atoms with van der Waals surface area (Å²) in [4.78, 5) is 15.0. The molecule has 0 saturated carbocycles. The first kappa shape index (κ1) is 19.0. The van der Waals surface area contributed by atoms with Gasteiger partial charge in [-0.25, -0.2) is 13.2 Å². The molecule has 148 valence electrons. The largest absolute Gasteiger partial charge is 0.495 e. The maximum atomic E-state index is 13.5. The Bertz CT molecular complexity index is 1170. The number of ether oxygens (including phenoxy) is 1. The SMILES string of the molecule is COc1ccccc1N1C(=O)N(Cc2ccc(C)cc2)c2ccccc2S1(=O)=O. The highest BCUT2D eigenvalue weighted by atomic mass is 32.2.